The van der Waals surface area contributed by atoms with E-state index in [0.29, 0.717) is 5.56 Å². The van der Waals surface area contributed by atoms with Crippen LogP contribution in [0.1, 0.15) is 47.8 Å². The first-order valence-electron chi connectivity index (χ1n) is 7.38. The van der Waals surface area contributed by atoms with Crippen molar-refractivity contribution >= 4 is 29.1 Å². The van der Waals surface area contributed by atoms with E-state index >= 15 is 0 Å². The average molecular weight is 306 g/mol. The van der Waals surface area contributed by atoms with Crippen LogP contribution in [0.4, 0.5) is 0 Å². The fourth-order valence-corrected chi connectivity index (χ4v) is 3.94. The van der Waals surface area contributed by atoms with E-state index in [4.69, 9.17) is 0 Å². The molecule has 0 bridgehead atoms. The minimum absolute atomic E-state index is 0.236. The summed E-state index contributed by atoms with van der Waals surface area (Å²) in [6, 6.07) is 1.80. The Balaban J connectivity index is 1.73. The highest BCUT2D eigenvalue weighted by Gasteiger charge is 2.49. The Morgan fingerprint density at radius 1 is 1.29 bits per heavy atom. The summed E-state index contributed by atoms with van der Waals surface area (Å²) in [6.07, 6.45) is 4.32. The lowest BCUT2D eigenvalue weighted by atomic mass is 9.81. The van der Waals surface area contributed by atoms with E-state index in [1.807, 2.05) is 6.92 Å². The number of nitrogens with zero attached hydrogens (tertiary/aromatic N) is 1. The number of thiophene rings is 1. The molecule has 1 N–H and O–H groups in total. The molecule has 1 aromatic rings. The summed E-state index contributed by atoms with van der Waals surface area (Å²) in [6.45, 7) is 2.02. The van der Waals surface area contributed by atoms with Crippen LogP contribution in [0.2, 0.25) is 0 Å². The number of hydrazine groups is 1. The van der Waals surface area contributed by atoms with Crippen LogP contribution >= 0.6 is 11.3 Å². The molecule has 21 heavy (non-hydrogen) atoms. The largest absolute Gasteiger partial charge is 0.272 e. The number of rotatable bonds is 3. The van der Waals surface area contributed by atoms with Crippen LogP contribution < -0.4 is 5.43 Å². The minimum Gasteiger partial charge on any atom is -0.272 e. The Hall–Kier alpha value is -1.69. The van der Waals surface area contributed by atoms with Crippen molar-refractivity contribution in [3.05, 3.63) is 21.9 Å². The van der Waals surface area contributed by atoms with Gasteiger partial charge in [0.25, 0.3) is 17.7 Å². The van der Waals surface area contributed by atoms with Crippen molar-refractivity contribution in [1.29, 1.82) is 0 Å². The lowest BCUT2D eigenvalue weighted by molar-refractivity contribution is -0.142. The third kappa shape index (κ3) is 2.48. The molecule has 3 amide bonds. The van der Waals surface area contributed by atoms with Crippen molar-refractivity contribution in [3.8, 4) is 0 Å². The molecular formula is C15H18N2O3S. The Kier molecular flexibility index (Phi) is 3.80. The minimum atomic E-state index is -0.383. The van der Waals surface area contributed by atoms with Gasteiger partial charge in [-0.1, -0.05) is 19.8 Å². The van der Waals surface area contributed by atoms with E-state index < -0.39 is 0 Å². The van der Waals surface area contributed by atoms with Crippen LogP contribution in [0.15, 0.2) is 11.4 Å². The summed E-state index contributed by atoms with van der Waals surface area (Å²) in [7, 11) is 0. The smallest absolute Gasteiger partial charge is 0.271 e. The SMILES string of the molecule is CCc1cc(C(=O)NN2C(=O)C3CCCCC3C2=O)cs1. The van der Waals surface area contributed by atoms with E-state index in [1.165, 1.54) is 11.3 Å². The summed E-state index contributed by atoms with van der Waals surface area (Å²) >= 11 is 1.51. The number of carbonyl (C=O) groups is 3. The van der Waals surface area contributed by atoms with Crippen LogP contribution in [0.25, 0.3) is 0 Å². The van der Waals surface area contributed by atoms with Crippen molar-refractivity contribution in [1.82, 2.24) is 10.4 Å². The molecule has 0 radical (unpaired) electrons. The molecule has 2 atom stereocenters. The molecule has 1 saturated heterocycles. The normalized spacial score (nSPS) is 25.1. The Morgan fingerprint density at radius 3 is 2.43 bits per heavy atom. The Labute approximate surface area is 127 Å². The van der Waals surface area contributed by atoms with Gasteiger partial charge in [-0.15, -0.1) is 11.3 Å². The second-order valence-corrected chi connectivity index (χ2v) is 6.60. The maximum Gasteiger partial charge on any atom is 0.271 e. The lowest BCUT2D eigenvalue weighted by Crippen LogP contribution is -2.46. The maximum absolute atomic E-state index is 12.3. The molecule has 2 aliphatic rings. The first-order chi connectivity index (χ1) is 10.1. The molecule has 1 aromatic heterocycles. The zero-order chi connectivity index (χ0) is 15.0. The third-order valence-corrected chi connectivity index (χ3v) is 5.40. The van der Waals surface area contributed by atoms with Gasteiger partial charge in [0.1, 0.15) is 0 Å². The van der Waals surface area contributed by atoms with Crippen LogP contribution in [0.5, 0.6) is 0 Å². The van der Waals surface area contributed by atoms with Crippen molar-refractivity contribution in [2.75, 3.05) is 0 Å². The van der Waals surface area contributed by atoms with E-state index in [2.05, 4.69) is 5.43 Å². The Morgan fingerprint density at radius 2 is 1.90 bits per heavy atom. The number of hydrogen-bond donors (Lipinski definition) is 1. The molecule has 3 rings (SSSR count). The van der Waals surface area contributed by atoms with Crippen LogP contribution in [-0.4, -0.2) is 22.7 Å². The fraction of sp³-hybridized carbons (Fsp3) is 0.533. The zero-order valence-corrected chi connectivity index (χ0v) is 12.7. The predicted octanol–water partition coefficient (Wildman–Crippen LogP) is 2.13. The highest BCUT2D eigenvalue weighted by Crippen LogP contribution is 2.37. The highest BCUT2D eigenvalue weighted by atomic mass is 32.1. The molecule has 112 valence electrons. The molecule has 2 heterocycles. The van der Waals surface area contributed by atoms with Gasteiger partial charge in [-0.3, -0.25) is 19.8 Å². The van der Waals surface area contributed by atoms with Gasteiger partial charge in [-0.25, -0.2) is 0 Å². The van der Waals surface area contributed by atoms with E-state index in [1.54, 1.807) is 11.4 Å². The molecular weight excluding hydrogens is 288 g/mol. The van der Waals surface area contributed by atoms with Crippen molar-refractivity contribution < 1.29 is 14.4 Å². The molecule has 5 nitrogen and oxygen atoms in total. The van der Waals surface area contributed by atoms with E-state index in [0.717, 1.165) is 42.0 Å². The van der Waals surface area contributed by atoms with E-state index in [-0.39, 0.29) is 29.6 Å². The summed E-state index contributed by atoms with van der Waals surface area (Å²) in [4.78, 5) is 37.8. The van der Waals surface area contributed by atoms with Gasteiger partial charge in [0, 0.05) is 10.3 Å². The molecule has 6 heteroatoms. The van der Waals surface area contributed by atoms with Crippen molar-refractivity contribution in [2.45, 2.75) is 39.0 Å². The van der Waals surface area contributed by atoms with Gasteiger partial charge in [0.15, 0.2) is 0 Å². The fourth-order valence-electron chi connectivity index (χ4n) is 3.12. The first kappa shape index (κ1) is 14.3. The van der Waals surface area contributed by atoms with Gasteiger partial charge in [-0.05, 0) is 25.3 Å². The number of amides is 3. The topological polar surface area (TPSA) is 66.5 Å². The van der Waals surface area contributed by atoms with Gasteiger partial charge in [0.05, 0.1) is 17.4 Å². The molecule has 0 spiro atoms. The second kappa shape index (κ2) is 5.60. The average Bonchev–Trinajstić information content (AvgIpc) is 3.07. The van der Waals surface area contributed by atoms with Crippen LogP contribution in [0.3, 0.4) is 0 Å². The summed E-state index contributed by atoms with van der Waals surface area (Å²) in [5.41, 5.74) is 3.00. The molecule has 0 aromatic carbocycles. The van der Waals surface area contributed by atoms with Crippen LogP contribution in [0, 0.1) is 11.8 Å². The number of nitrogens with one attached hydrogen (secondary N) is 1. The number of carbonyl (C=O) groups excluding carboxylic acids is 3. The summed E-state index contributed by atoms with van der Waals surface area (Å²) in [5.74, 6) is -1.35. The zero-order valence-electron chi connectivity index (χ0n) is 11.9. The second-order valence-electron chi connectivity index (χ2n) is 5.61. The predicted molar refractivity (Wildman–Crippen MR) is 78.5 cm³/mol. The monoisotopic (exact) mass is 306 g/mol. The third-order valence-electron chi connectivity index (χ3n) is 4.32. The summed E-state index contributed by atoms with van der Waals surface area (Å²) in [5, 5.41) is 2.71. The van der Waals surface area contributed by atoms with Crippen molar-refractivity contribution in [3.63, 3.8) is 0 Å². The molecule has 1 aliphatic heterocycles. The maximum atomic E-state index is 12.3. The van der Waals surface area contributed by atoms with E-state index in [9.17, 15) is 14.4 Å². The lowest BCUT2D eigenvalue weighted by Gasteiger charge is -2.19. The number of fused-ring (bicyclic) bond motifs is 1. The number of hydrogen-bond acceptors (Lipinski definition) is 4. The van der Waals surface area contributed by atoms with Gasteiger partial charge in [-0.2, -0.15) is 5.01 Å². The molecule has 2 fully saturated rings. The van der Waals surface area contributed by atoms with Crippen molar-refractivity contribution in [2.24, 2.45) is 11.8 Å². The highest BCUT2D eigenvalue weighted by molar-refractivity contribution is 7.10. The Bertz CT molecular complexity index is 571. The summed E-state index contributed by atoms with van der Waals surface area (Å²) < 4.78 is 0. The first-order valence-corrected chi connectivity index (χ1v) is 8.26. The quantitative estimate of drug-likeness (QED) is 0.870. The van der Waals surface area contributed by atoms with Gasteiger partial charge in [0.2, 0.25) is 0 Å². The van der Waals surface area contributed by atoms with Gasteiger partial charge >= 0.3 is 0 Å². The number of imide groups is 1. The molecule has 2 unspecified atom stereocenters. The standard InChI is InChI=1S/C15H18N2O3S/c1-2-10-7-9(8-21-10)13(18)16-17-14(19)11-5-3-4-6-12(11)15(17)20/h7-8,11-12H,2-6H2,1H3,(H,16,18). The van der Waals surface area contributed by atoms with Crippen LogP contribution in [-0.2, 0) is 16.0 Å². The van der Waals surface area contributed by atoms with Gasteiger partial charge < -0.3 is 0 Å². The molecule has 1 saturated carbocycles. The number of aryl methyl sites for hydroxylation is 1. The molecule has 1 aliphatic carbocycles.